The van der Waals surface area contributed by atoms with Gasteiger partial charge in [-0.05, 0) is 48.3 Å². The van der Waals surface area contributed by atoms with Gasteiger partial charge in [0, 0.05) is 0 Å². The van der Waals surface area contributed by atoms with Gasteiger partial charge in [-0.15, -0.1) is 0 Å². The molecule has 3 fully saturated rings. The van der Waals surface area contributed by atoms with Crippen molar-refractivity contribution in [3.63, 3.8) is 0 Å². The van der Waals surface area contributed by atoms with Gasteiger partial charge in [0.1, 0.15) is 0 Å². The van der Waals surface area contributed by atoms with Crippen LogP contribution in [0.3, 0.4) is 0 Å². The molecule has 3 aliphatic rings. The molecule has 0 radical (unpaired) electrons. The Balaban J connectivity index is 1.68. The summed E-state index contributed by atoms with van der Waals surface area (Å²) in [6.07, 6.45) is 9.14. The predicted octanol–water partition coefficient (Wildman–Crippen LogP) is 4.64. The van der Waals surface area contributed by atoms with Gasteiger partial charge in [-0.3, -0.25) is 0 Å². The Morgan fingerprint density at radius 3 is 2.00 bits per heavy atom. The predicted molar refractivity (Wildman–Crippen MR) is 62.2 cm³/mol. The maximum atomic E-state index is 2.41. The van der Waals surface area contributed by atoms with Crippen LogP contribution >= 0.6 is 0 Å². The fourth-order valence-electron chi connectivity index (χ4n) is 3.85. The summed E-state index contributed by atoms with van der Waals surface area (Å²) in [4.78, 5) is 0. The van der Waals surface area contributed by atoms with Gasteiger partial charge in [-0.2, -0.15) is 0 Å². The first-order valence-corrected chi connectivity index (χ1v) is 6.48. The van der Waals surface area contributed by atoms with Crippen LogP contribution in [-0.4, -0.2) is 0 Å². The third-order valence-electron chi connectivity index (χ3n) is 4.89. The minimum Gasteiger partial charge on any atom is -0.0628 e. The van der Waals surface area contributed by atoms with E-state index in [1.165, 1.54) is 19.3 Å². The first-order valence-electron chi connectivity index (χ1n) is 6.48. The van der Waals surface area contributed by atoms with Crippen LogP contribution in [0.15, 0.2) is 0 Å². The van der Waals surface area contributed by atoms with E-state index in [-0.39, 0.29) is 0 Å². The molecule has 0 heterocycles. The van der Waals surface area contributed by atoms with Gasteiger partial charge < -0.3 is 0 Å². The monoisotopic (exact) mass is 194 g/mol. The molecule has 0 N–H and O–H groups in total. The standard InChI is InChI=1S/C14H26/c1-11(2)6-5-7-13-8-14(9-13,10-13)12(3)4/h11-12H,5-10H2,1-4H3. The highest BCUT2D eigenvalue weighted by Gasteiger charge is 2.67. The SMILES string of the molecule is CC(C)CCCC12CC(C(C)C)(C1)C2. The summed E-state index contributed by atoms with van der Waals surface area (Å²) in [5, 5.41) is 0. The second kappa shape index (κ2) is 3.25. The van der Waals surface area contributed by atoms with Crippen LogP contribution in [0.1, 0.15) is 66.2 Å². The van der Waals surface area contributed by atoms with Gasteiger partial charge in [0.15, 0.2) is 0 Å². The molecule has 0 amide bonds. The smallest absolute Gasteiger partial charge is 0.0259 e. The lowest BCUT2D eigenvalue weighted by molar-refractivity contribution is -0.233. The molecule has 3 saturated carbocycles. The molecule has 0 unspecified atom stereocenters. The fourth-order valence-corrected chi connectivity index (χ4v) is 3.85. The van der Waals surface area contributed by atoms with E-state index in [1.807, 2.05) is 0 Å². The fraction of sp³-hybridized carbons (Fsp3) is 1.00. The van der Waals surface area contributed by atoms with E-state index in [4.69, 9.17) is 0 Å². The molecule has 0 aromatic carbocycles. The van der Waals surface area contributed by atoms with Crippen LogP contribution in [0.5, 0.6) is 0 Å². The maximum Gasteiger partial charge on any atom is -0.0259 e. The van der Waals surface area contributed by atoms with E-state index >= 15 is 0 Å². The highest BCUT2D eigenvalue weighted by Crippen LogP contribution is 2.77. The summed E-state index contributed by atoms with van der Waals surface area (Å²) in [5.74, 6) is 1.84. The minimum absolute atomic E-state index is 0.817. The average molecular weight is 194 g/mol. The van der Waals surface area contributed by atoms with Crippen LogP contribution in [0.4, 0.5) is 0 Å². The Labute approximate surface area is 89.5 Å². The molecule has 3 aliphatic carbocycles. The van der Waals surface area contributed by atoms with E-state index in [9.17, 15) is 0 Å². The summed E-state index contributed by atoms with van der Waals surface area (Å²) in [6, 6.07) is 0. The molecule has 0 saturated heterocycles. The van der Waals surface area contributed by atoms with E-state index < -0.39 is 0 Å². The second-order valence-electron chi connectivity index (χ2n) is 6.83. The van der Waals surface area contributed by atoms with E-state index in [0.29, 0.717) is 0 Å². The van der Waals surface area contributed by atoms with Crippen molar-refractivity contribution in [1.29, 1.82) is 0 Å². The van der Waals surface area contributed by atoms with Crippen molar-refractivity contribution in [2.75, 3.05) is 0 Å². The molecular formula is C14H26. The van der Waals surface area contributed by atoms with Crippen LogP contribution in [0.25, 0.3) is 0 Å². The van der Waals surface area contributed by atoms with Crippen LogP contribution < -0.4 is 0 Å². The van der Waals surface area contributed by atoms with Gasteiger partial charge in [-0.25, -0.2) is 0 Å². The summed E-state index contributed by atoms with van der Waals surface area (Å²) in [7, 11) is 0. The second-order valence-corrected chi connectivity index (χ2v) is 6.83. The van der Waals surface area contributed by atoms with Gasteiger partial charge in [0.05, 0.1) is 0 Å². The molecule has 0 aromatic rings. The number of hydrogen-bond donors (Lipinski definition) is 0. The van der Waals surface area contributed by atoms with Crippen LogP contribution in [0, 0.1) is 22.7 Å². The third-order valence-corrected chi connectivity index (χ3v) is 4.89. The Morgan fingerprint density at radius 1 is 1.00 bits per heavy atom. The molecule has 0 aliphatic heterocycles. The highest BCUT2D eigenvalue weighted by molar-refractivity contribution is 5.17. The van der Waals surface area contributed by atoms with Crippen molar-refractivity contribution < 1.29 is 0 Å². The lowest BCUT2D eigenvalue weighted by Crippen LogP contribution is -2.63. The molecule has 0 heteroatoms. The van der Waals surface area contributed by atoms with E-state index in [2.05, 4.69) is 27.7 Å². The van der Waals surface area contributed by atoms with Crippen LogP contribution in [-0.2, 0) is 0 Å². The summed E-state index contributed by atoms with van der Waals surface area (Å²) in [5.41, 5.74) is 1.66. The van der Waals surface area contributed by atoms with Crippen molar-refractivity contribution >= 4 is 0 Å². The Hall–Kier alpha value is 0. The lowest BCUT2D eigenvalue weighted by Gasteiger charge is -2.73. The van der Waals surface area contributed by atoms with Crippen molar-refractivity contribution in [3.8, 4) is 0 Å². The van der Waals surface area contributed by atoms with Crippen molar-refractivity contribution in [2.45, 2.75) is 66.2 Å². The molecular weight excluding hydrogens is 168 g/mol. The summed E-state index contributed by atoms with van der Waals surface area (Å²) >= 11 is 0. The largest absolute Gasteiger partial charge is 0.0628 e. The molecule has 2 bridgehead atoms. The molecule has 82 valence electrons. The molecule has 0 aromatic heterocycles. The molecule has 0 nitrogen and oxygen atoms in total. The quantitative estimate of drug-likeness (QED) is 0.598. The van der Waals surface area contributed by atoms with Gasteiger partial charge >= 0.3 is 0 Å². The Kier molecular flexibility index (Phi) is 2.44. The van der Waals surface area contributed by atoms with E-state index in [0.717, 1.165) is 22.7 Å². The normalized spacial score (nSPS) is 39.9. The summed E-state index contributed by atoms with van der Waals surface area (Å²) in [6.45, 7) is 9.52. The first-order chi connectivity index (χ1) is 6.48. The lowest BCUT2D eigenvalue weighted by atomic mass is 9.31. The average Bonchev–Trinajstić information content (AvgIpc) is 1.89. The van der Waals surface area contributed by atoms with E-state index in [1.54, 1.807) is 19.3 Å². The third kappa shape index (κ3) is 1.51. The van der Waals surface area contributed by atoms with Crippen LogP contribution in [0.2, 0.25) is 0 Å². The van der Waals surface area contributed by atoms with Crippen molar-refractivity contribution in [1.82, 2.24) is 0 Å². The maximum absolute atomic E-state index is 2.41. The molecule has 0 atom stereocenters. The first kappa shape index (κ1) is 10.5. The minimum atomic E-state index is 0.817. The highest BCUT2D eigenvalue weighted by atomic mass is 14.7. The van der Waals surface area contributed by atoms with Gasteiger partial charge in [0.2, 0.25) is 0 Å². The summed E-state index contributed by atoms with van der Waals surface area (Å²) < 4.78 is 0. The van der Waals surface area contributed by atoms with Crippen molar-refractivity contribution in [3.05, 3.63) is 0 Å². The molecule has 14 heavy (non-hydrogen) atoms. The van der Waals surface area contributed by atoms with Crippen molar-refractivity contribution in [2.24, 2.45) is 22.7 Å². The molecule has 0 spiro atoms. The zero-order valence-electron chi connectivity index (χ0n) is 10.4. The topological polar surface area (TPSA) is 0 Å². The zero-order chi connectivity index (χ0) is 10.4. The zero-order valence-corrected chi connectivity index (χ0v) is 10.4. The Bertz CT molecular complexity index is 192. The molecule has 3 rings (SSSR count). The Morgan fingerprint density at radius 2 is 1.57 bits per heavy atom. The van der Waals surface area contributed by atoms with Gasteiger partial charge in [0.25, 0.3) is 0 Å². The number of rotatable bonds is 5. The van der Waals surface area contributed by atoms with Gasteiger partial charge in [-0.1, -0.05) is 40.5 Å². The number of hydrogen-bond acceptors (Lipinski definition) is 0.